The SMILES string of the molecule is O=C(NNC(=O)c1sc2ccccc2c1Cl)c1ccc(NC(=O)c2sc3cc([N+](=O)[O-])ccc3c2Cl)cc1. The van der Waals surface area contributed by atoms with E-state index in [1.165, 1.54) is 53.8 Å². The van der Waals surface area contributed by atoms with Gasteiger partial charge < -0.3 is 5.32 Å². The van der Waals surface area contributed by atoms with Crippen LogP contribution in [0.3, 0.4) is 0 Å². The van der Waals surface area contributed by atoms with Crippen molar-refractivity contribution in [3.8, 4) is 0 Å². The van der Waals surface area contributed by atoms with E-state index < -0.39 is 22.6 Å². The summed E-state index contributed by atoms with van der Waals surface area (Å²) in [7, 11) is 0. The van der Waals surface area contributed by atoms with Crippen LogP contribution in [-0.4, -0.2) is 22.6 Å². The number of nitrogens with zero attached hydrogens (tertiary/aromatic N) is 1. The van der Waals surface area contributed by atoms with Crippen LogP contribution >= 0.6 is 45.9 Å². The minimum atomic E-state index is -0.567. The van der Waals surface area contributed by atoms with Gasteiger partial charge in [0.15, 0.2) is 0 Å². The molecule has 0 bridgehead atoms. The lowest BCUT2D eigenvalue weighted by atomic mass is 10.2. The van der Waals surface area contributed by atoms with Gasteiger partial charge in [0.2, 0.25) is 0 Å². The molecule has 2 heterocycles. The Bertz CT molecular complexity index is 1770. The van der Waals surface area contributed by atoms with E-state index in [1.54, 1.807) is 0 Å². The lowest BCUT2D eigenvalue weighted by Crippen LogP contribution is -2.41. The molecular weight excluding hydrogens is 571 g/mol. The highest BCUT2D eigenvalue weighted by Gasteiger charge is 2.20. The van der Waals surface area contributed by atoms with Crippen molar-refractivity contribution in [2.75, 3.05) is 5.32 Å². The van der Waals surface area contributed by atoms with Crippen LogP contribution < -0.4 is 16.2 Å². The number of benzene rings is 3. The van der Waals surface area contributed by atoms with Gasteiger partial charge in [-0.3, -0.25) is 35.3 Å². The van der Waals surface area contributed by atoms with E-state index >= 15 is 0 Å². The van der Waals surface area contributed by atoms with Gasteiger partial charge in [-0.15, -0.1) is 22.7 Å². The summed E-state index contributed by atoms with van der Waals surface area (Å²) in [4.78, 5) is 48.8. The quantitative estimate of drug-likeness (QED) is 0.157. The van der Waals surface area contributed by atoms with Crippen LogP contribution in [0.25, 0.3) is 20.2 Å². The normalized spacial score (nSPS) is 10.9. The number of carbonyl (C=O) groups excluding carboxylic acids is 3. The number of halogens is 2. The number of carbonyl (C=O) groups is 3. The Morgan fingerprint density at radius 3 is 2.03 bits per heavy atom. The lowest BCUT2D eigenvalue weighted by molar-refractivity contribution is -0.384. The number of anilines is 1. The number of hydrazine groups is 1. The third-order valence-electron chi connectivity index (χ3n) is 5.47. The van der Waals surface area contributed by atoms with Crippen LogP contribution in [0.15, 0.2) is 66.7 Å². The predicted molar refractivity (Wildman–Crippen MR) is 150 cm³/mol. The molecule has 190 valence electrons. The Kier molecular flexibility index (Phi) is 7.00. The van der Waals surface area contributed by atoms with Gasteiger partial charge in [0.1, 0.15) is 9.75 Å². The van der Waals surface area contributed by atoms with Crippen molar-refractivity contribution in [1.82, 2.24) is 10.9 Å². The van der Waals surface area contributed by atoms with Crippen molar-refractivity contribution in [3.63, 3.8) is 0 Å². The predicted octanol–water partition coefficient (Wildman–Crippen LogP) is 6.66. The minimum absolute atomic E-state index is 0.0978. The van der Waals surface area contributed by atoms with Crippen LogP contribution in [-0.2, 0) is 0 Å². The second kappa shape index (κ2) is 10.4. The first-order chi connectivity index (χ1) is 18.2. The molecule has 3 N–H and O–H groups in total. The van der Waals surface area contributed by atoms with Crippen molar-refractivity contribution in [2.45, 2.75) is 0 Å². The van der Waals surface area contributed by atoms with Gasteiger partial charge in [0, 0.05) is 43.6 Å². The molecule has 0 saturated heterocycles. The zero-order chi connectivity index (χ0) is 27.0. The highest BCUT2D eigenvalue weighted by atomic mass is 35.5. The van der Waals surface area contributed by atoms with Crippen LogP contribution in [0.4, 0.5) is 11.4 Å². The van der Waals surface area contributed by atoms with E-state index in [0.29, 0.717) is 20.8 Å². The molecule has 0 unspecified atom stereocenters. The van der Waals surface area contributed by atoms with E-state index in [-0.39, 0.29) is 26.0 Å². The van der Waals surface area contributed by atoms with Crippen LogP contribution in [0.5, 0.6) is 0 Å². The molecular formula is C25H14Cl2N4O5S2. The number of fused-ring (bicyclic) bond motifs is 2. The maximum atomic E-state index is 12.8. The summed E-state index contributed by atoms with van der Waals surface area (Å²) < 4.78 is 1.37. The van der Waals surface area contributed by atoms with Crippen molar-refractivity contribution < 1.29 is 19.3 Å². The average Bonchev–Trinajstić information content (AvgIpc) is 3.44. The zero-order valence-corrected chi connectivity index (χ0v) is 22.1. The molecule has 3 aromatic carbocycles. The molecule has 9 nitrogen and oxygen atoms in total. The molecule has 0 aliphatic carbocycles. The zero-order valence-electron chi connectivity index (χ0n) is 18.9. The molecule has 0 fully saturated rings. The summed E-state index contributed by atoms with van der Waals surface area (Å²) in [6.45, 7) is 0. The standard InChI is InChI=1S/C25H14Cl2N4O5S2/c26-19-15-3-1-2-4-17(15)37-22(19)25(34)30-29-23(32)12-5-7-13(8-6-12)28-24(33)21-20(27)16-10-9-14(31(35)36)11-18(16)38-21/h1-11H,(H,28,33)(H,29,32)(H,30,34). The first-order valence-corrected chi connectivity index (χ1v) is 13.2. The average molecular weight is 585 g/mol. The third-order valence-corrected chi connectivity index (χ3v) is 8.80. The molecule has 0 saturated carbocycles. The number of hydrogen-bond donors (Lipinski definition) is 3. The molecule has 38 heavy (non-hydrogen) atoms. The summed E-state index contributed by atoms with van der Waals surface area (Å²) in [5.41, 5.74) is 5.24. The Hall–Kier alpha value is -4.03. The van der Waals surface area contributed by atoms with Gasteiger partial charge in [-0.05, 0) is 36.4 Å². The molecule has 0 radical (unpaired) electrons. The summed E-state index contributed by atoms with van der Waals surface area (Å²) in [6, 6.07) is 17.5. The van der Waals surface area contributed by atoms with E-state index in [1.807, 2.05) is 24.3 Å². The molecule has 3 amide bonds. The van der Waals surface area contributed by atoms with Gasteiger partial charge in [-0.1, -0.05) is 41.4 Å². The van der Waals surface area contributed by atoms with Crippen LogP contribution in [0, 0.1) is 10.1 Å². The van der Waals surface area contributed by atoms with E-state index in [9.17, 15) is 24.5 Å². The molecule has 0 atom stereocenters. The summed E-state index contributed by atoms with van der Waals surface area (Å²) in [6.07, 6.45) is 0. The molecule has 5 aromatic rings. The Morgan fingerprint density at radius 1 is 0.737 bits per heavy atom. The summed E-state index contributed by atoms with van der Waals surface area (Å²) in [5.74, 6) is -1.61. The van der Waals surface area contributed by atoms with E-state index in [0.717, 1.165) is 21.4 Å². The van der Waals surface area contributed by atoms with Crippen molar-refractivity contribution in [3.05, 3.63) is 102 Å². The fourth-order valence-electron chi connectivity index (χ4n) is 3.61. The number of rotatable bonds is 5. The molecule has 0 aliphatic heterocycles. The Labute approximate surface area is 232 Å². The maximum Gasteiger partial charge on any atom is 0.281 e. The third kappa shape index (κ3) is 4.92. The summed E-state index contributed by atoms with van der Waals surface area (Å²) in [5, 5.41) is 15.5. The summed E-state index contributed by atoms with van der Waals surface area (Å²) >= 11 is 14.9. The van der Waals surface area contributed by atoms with Crippen molar-refractivity contribution >= 4 is 95.1 Å². The molecule has 2 aromatic heterocycles. The number of hydrogen-bond acceptors (Lipinski definition) is 7. The maximum absolute atomic E-state index is 12.8. The number of non-ortho nitro benzene ring substituents is 1. The number of nitro groups is 1. The first kappa shape index (κ1) is 25.6. The smallest absolute Gasteiger partial charge is 0.281 e. The number of thiophene rings is 2. The van der Waals surface area contributed by atoms with Crippen molar-refractivity contribution in [2.24, 2.45) is 0 Å². The van der Waals surface area contributed by atoms with Crippen LogP contribution in [0.2, 0.25) is 10.0 Å². The second-order valence-corrected chi connectivity index (χ2v) is 10.7. The molecule has 0 aliphatic rings. The van der Waals surface area contributed by atoms with Gasteiger partial charge in [0.05, 0.1) is 15.0 Å². The minimum Gasteiger partial charge on any atom is -0.321 e. The van der Waals surface area contributed by atoms with E-state index in [2.05, 4.69) is 16.2 Å². The number of amides is 3. The highest BCUT2D eigenvalue weighted by Crippen LogP contribution is 2.38. The Balaban J connectivity index is 1.23. The number of nitrogens with one attached hydrogen (secondary N) is 3. The largest absolute Gasteiger partial charge is 0.321 e. The topological polar surface area (TPSA) is 130 Å². The Morgan fingerprint density at radius 2 is 1.34 bits per heavy atom. The van der Waals surface area contributed by atoms with Gasteiger partial charge in [0.25, 0.3) is 23.4 Å². The first-order valence-electron chi connectivity index (χ1n) is 10.8. The van der Waals surface area contributed by atoms with Crippen LogP contribution in [0.1, 0.15) is 29.7 Å². The fourth-order valence-corrected chi connectivity index (χ4v) is 6.47. The monoisotopic (exact) mass is 584 g/mol. The molecule has 13 heteroatoms. The second-order valence-electron chi connectivity index (χ2n) is 7.86. The lowest BCUT2D eigenvalue weighted by Gasteiger charge is -2.08. The molecule has 5 rings (SSSR count). The molecule has 0 spiro atoms. The van der Waals surface area contributed by atoms with Gasteiger partial charge in [-0.2, -0.15) is 0 Å². The van der Waals surface area contributed by atoms with Gasteiger partial charge in [-0.25, -0.2) is 0 Å². The number of nitro benzene ring substituents is 1. The fraction of sp³-hybridized carbons (Fsp3) is 0. The van der Waals surface area contributed by atoms with Crippen molar-refractivity contribution in [1.29, 1.82) is 0 Å². The highest BCUT2D eigenvalue weighted by molar-refractivity contribution is 7.22. The van der Waals surface area contributed by atoms with E-state index in [4.69, 9.17) is 23.2 Å². The van der Waals surface area contributed by atoms with Gasteiger partial charge >= 0.3 is 0 Å².